The molecule has 6 nitrogen and oxygen atoms in total. The van der Waals surface area contributed by atoms with E-state index >= 15 is 0 Å². The Balaban J connectivity index is -0.0000000180. The van der Waals surface area contributed by atoms with Crippen LogP contribution in [0.3, 0.4) is 0 Å². The van der Waals surface area contributed by atoms with E-state index < -0.39 is 0 Å². The molecule has 0 rings (SSSR count). The number of rotatable bonds is 0. The third-order valence-electron chi connectivity index (χ3n) is 0. The van der Waals surface area contributed by atoms with Gasteiger partial charge in [-0.15, -0.1) is 0 Å². The van der Waals surface area contributed by atoms with Crippen molar-refractivity contribution < 1.29 is 16.5 Å². The van der Waals surface area contributed by atoms with Crippen LogP contribution in [0.15, 0.2) is 0 Å². The minimum absolute atomic E-state index is 0. The number of thiocarbonyl (C=S) groups is 2. The Morgan fingerprint density at radius 2 is 0.632 bits per heavy atom. The molecular weight excluding hydrogens is 407 g/mol. The van der Waals surface area contributed by atoms with Crippen LogP contribution in [0.25, 0.3) is 10.8 Å². The Hall–Kier alpha value is -1.07. The number of thiocyanates is 4. The number of hydrogen-bond acceptors (Lipinski definition) is 10. The monoisotopic (exact) mass is 406 g/mol. The fourth-order valence-electron chi connectivity index (χ4n) is 0. The zero-order valence-corrected chi connectivity index (χ0v) is 14.3. The molecule has 0 aliphatic heterocycles. The van der Waals surface area contributed by atoms with E-state index in [0.717, 1.165) is 0 Å². The maximum atomic E-state index is 7.13. The van der Waals surface area contributed by atoms with Crippen molar-refractivity contribution >= 4 is 85.3 Å². The largest absolute Gasteiger partial charge is 0.753 e. The van der Waals surface area contributed by atoms with Crippen molar-refractivity contribution in [2.75, 3.05) is 0 Å². The van der Waals surface area contributed by atoms with Gasteiger partial charge in [-0.3, -0.25) is 0 Å². The fourth-order valence-corrected chi connectivity index (χ4v) is 0. The van der Waals surface area contributed by atoms with Gasteiger partial charge in [-0.1, -0.05) is 46.0 Å². The minimum Gasteiger partial charge on any atom is -0.753 e. The smallest absolute Gasteiger partial charge is 0 e. The van der Waals surface area contributed by atoms with Gasteiger partial charge in [0.15, 0.2) is 0 Å². The summed E-state index contributed by atoms with van der Waals surface area (Å²) in [6.45, 7) is 0. The molecule has 0 heterocycles. The average Bonchev–Trinajstić information content (AvgIpc) is 2.23. The second-order valence-electron chi connectivity index (χ2n) is 0.548. The van der Waals surface area contributed by atoms with Crippen LogP contribution in [0.2, 0.25) is 0 Å². The topological polar surface area (TPSA) is 140 Å². The van der Waals surface area contributed by atoms with Gasteiger partial charge in [0, 0.05) is 16.5 Å². The molecule has 0 aromatic carbocycles. The van der Waals surface area contributed by atoms with Crippen molar-refractivity contribution in [1.29, 1.82) is 21.0 Å². The maximum absolute atomic E-state index is 7.13. The first-order chi connectivity index (χ1) is 8.49. The predicted molar refractivity (Wildman–Crippen MR) is 83.8 cm³/mol. The van der Waals surface area contributed by atoms with Crippen LogP contribution in [-0.4, -0.2) is 10.3 Å². The zero-order valence-electron chi connectivity index (χ0n) is 8.45. The van der Waals surface area contributed by atoms with Crippen LogP contribution < -0.4 is 0 Å². The number of nitriles is 4. The Morgan fingerprint density at radius 1 is 0.632 bits per heavy atom. The van der Waals surface area contributed by atoms with Gasteiger partial charge >= 0.3 is 0 Å². The molecule has 0 unspecified atom stereocenters. The molecule has 13 heteroatoms. The van der Waals surface area contributed by atoms with E-state index in [9.17, 15) is 0 Å². The first-order valence-electron chi connectivity index (χ1n) is 2.57. The molecule has 0 aromatic rings. The zero-order chi connectivity index (χ0) is 16.2. The third-order valence-corrected chi connectivity index (χ3v) is 0. The van der Waals surface area contributed by atoms with E-state index in [-0.39, 0.29) is 16.5 Å². The number of isothiocyanates is 2. The Kier molecular flexibility index (Phi) is 400. The summed E-state index contributed by atoms with van der Waals surface area (Å²) in [7, 11) is 0. The van der Waals surface area contributed by atoms with Crippen molar-refractivity contribution in [1.82, 2.24) is 0 Å². The van der Waals surface area contributed by atoms with Crippen LogP contribution in [0.5, 0.6) is 0 Å². The quantitative estimate of drug-likeness (QED) is 0.190. The average molecular weight is 407 g/mol. The van der Waals surface area contributed by atoms with Crippen LogP contribution in [0, 0.1) is 42.7 Å². The van der Waals surface area contributed by atoms with Crippen molar-refractivity contribution in [3.8, 4) is 21.6 Å². The summed E-state index contributed by atoms with van der Waals surface area (Å²) in [5.41, 5.74) is 0. The molecule has 106 valence electrons. The summed E-state index contributed by atoms with van der Waals surface area (Å²) in [6, 6.07) is 0. The number of nitrogens with zero attached hydrogens (tertiary/aromatic N) is 6. The maximum Gasteiger partial charge on any atom is 0 e. The van der Waals surface area contributed by atoms with Crippen molar-refractivity contribution in [3.63, 3.8) is 0 Å². The fraction of sp³-hybridized carbons (Fsp3) is 0. The first-order valence-corrected chi connectivity index (χ1v) is 5.02. The van der Waals surface area contributed by atoms with Gasteiger partial charge in [-0.05, 0) is 0 Å². The van der Waals surface area contributed by atoms with E-state index in [0.29, 0.717) is 0 Å². The Morgan fingerprint density at radius 3 is 0.632 bits per heavy atom. The van der Waals surface area contributed by atoms with Crippen LogP contribution >= 0.6 is 24.4 Å². The summed E-state index contributed by atoms with van der Waals surface area (Å²) in [6.07, 6.45) is 0. The van der Waals surface area contributed by atoms with E-state index in [4.69, 9.17) is 31.9 Å². The molecule has 19 heavy (non-hydrogen) atoms. The predicted octanol–water partition coefficient (Wildman–Crippen LogP) is 1.37. The summed E-state index contributed by atoms with van der Waals surface area (Å²) < 4.78 is 0. The minimum atomic E-state index is 0. The number of hydrogen-bond donors (Lipinski definition) is 0. The molecule has 0 aromatic heterocycles. The summed E-state index contributed by atoms with van der Waals surface area (Å²) >= 11 is 22.2. The van der Waals surface area contributed by atoms with Gasteiger partial charge in [-0.2, -0.15) is 10.3 Å². The first kappa shape index (κ1) is 43.0. The van der Waals surface area contributed by atoms with E-state index in [2.05, 4.69) is 75.0 Å². The molecular formula is C6N6NiS6-6. The van der Waals surface area contributed by atoms with E-state index in [1.165, 1.54) is 31.9 Å². The van der Waals surface area contributed by atoms with Crippen molar-refractivity contribution in [2.24, 2.45) is 0 Å². The van der Waals surface area contributed by atoms with Gasteiger partial charge in [0.25, 0.3) is 0 Å². The molecule has 0 bridgehead atoms. The molecule has 0 spiro atoms. The van der Waals surface area contributed by atoms with Crippen molar-refractivity contribution in [2.45, 2.75) is 0 Å². The molecule has 0 aliphatic carbocycles. The van der Waals surface area contributed by atoms with E-state index in [1.807, 2.05) is 0 Å². The van der Waals surface area contributed by atoms with Gasteiger partial charge < -0.3 is 61.3 Å². The summed E-state index contributed by atoms with van der Waals surface area (Å²) in [5.74, 6) is 0. The molecule has 0 fully saturated rings. The molecule has 0 amide bonds. The summed E-state index contributed by atoms with van der Waals surface area (Å²) in [5, 5.41) is 50.8. The molecule has 0 N–H and O–H groups in total. The SMILES string of the molecule is N#C[S-].N#C[S-].N#C[S-].N#C[S-].[N-]=C=S.[N-]=C=S.[Ni]. The third kappa shape index (κ3) is 3320. The van der Waals surface area contributed by atoms with Crippen molar-refractivity contribution in [3.05, 3.63) is 10.8 Å². The van der Waals surface area contributed by atoms with Gasteiger partial charge in [0.2, 0.25) is 0 Å². The summed E-state index contributed by atoms with van der Waals surface area (Å²) in [4.78, 5) is 0. The molecule has 0 atom stereocenters. The van der Waals surface area contributed by atoms with Crippen LogP contribution in [-0.2, 0) is 67.0 Å². The second kappa shape index (κ2) is 177. The second-order valence-corrected chi connectivity index (χ2v) is 1.64. The molecule has 0 saturated heterocycles. The Bertz CT molecular complexity index is 288. The molecule has 0 aliphatic rings. The van der Waals surface area contributed by atoms with Gasteiger partial charge in [0.05, 0.1) is 0 Å². The van der Waals surface area contributed by atoms with Gasteiger partial charge in [-0.25, -0.2) is 21.0 Å². The van der Waals surface area contributed by atoms with E-state index in [1.54, 1.807) is 0 Å². The molecule has 0 saturated carbocycles. The Labute approximate surface area is 154 Å². The standard InChI is InChI=1S/4CHNS.2CNS.Ni/c6*2-1-3;/h4*3H;;;/q;;;;2*-1;/p-4. The van der Waals surface area contributed by atoms with Crippen LogP contribution in [0.1, 0.15) is 0 Å². The van der Waals surface area contributed by atoms with Crippen LogP contribution in [0.4, 0.5) is 0 Å². The molecule has 0 radical (unpaired) electrons. The van der Waals surface area contributed by atoms with Gasteiger partial charge in [0.1, 0.15) is 0 Å². The normalized spacial score (nSPS) is 2.32.